The predicted octanol–water partition coefficient (Wildman–Crippen LogP) is 3.24. The molecular weight excluding hydrogens is 190 g/mol. The highest BCUT2D eigenvalue weighted by Crippen LogP contribution is 2.10. The molecule has 0 bridgehead atoms. The first kappa shape index (κ1) is 9.41. The van der Waals surface area contributed by atoms with Gasteiger partial charge >= 0.3 is 0 Å². The van der Waals surface area contributed by atoms with E-state index in [1.54, 1.807) is 11.3 Å². The van der Waals surface area contributed by atoms with Crippen LogP contribution in [0.3, 0.4) is 0 Å². The molecule has 1 heterocycles. The van der Waals surface area contributed by atoms with E-state index in [1.807, 2.05) is 11.6 Å². The fraction of sp³-hybridized carbons (Fsp3) is 0.250. The largest absolute Gasteiger partial charge is 0.250 e. The number of thiazole rings is 1. The Morgan fingerprint density at radius 3 is 2.57 bits per heavy atom. The Hall–Kier alpha value is -1.15. The minimum absolute atomic E-state index is 1.06. The fourth-order valence-corrected chi connectivity index (χ4v) is 2.00. The molecule has 0 unspecified atom stereocenters. The van der Waals surface area contributed by atoms with E-state index in [2.05, 4.69) is 36.2 Å². The Morgan fingerprint density at radius 2 is 1.93 bits per heavy atom. The zero-order valence-corrected chi connectivity index (χ0v) is 9.05. The molecule has 0 amide bonds. The van der Waals surface area contributed by atoms with Crippen molar-refractivity contribution in [1.82, 2.24) is 4.98 Å². The average molecular weight is 203 g/mol. The van der Waals surface area contributed by atoms with Crippen molar-refractivity contribution in [1.29, 1.82) is 0 Å². The van der Waals surface area contributed by atoms with Gasteiger partial charge in [-0.2, -0.15) is 0 Å². The van der Waals surface area contributed by atoms with Crippen molar-refractivity contribution in [2.75, 3.05) is 0 Å². The fourth-order valence-electron chi connectivity index (χ4n) is 1.38. The maximum Gasteiger partial charge on any atom is 0.0928 e. The Kier molecular flexibility index (Phi) is 2.94. The highest BCUT2D eigenvalue weighted by molar-refractivity contribution is 7.09. The van der Waals surface area contributed by atoms with Gasteiger partial charge in [-0.05, 0) is 18.9 Å². The maximum absolute atomic E-state index is 4.27. The molecule has 0 atom stereocenters. The summed E-state index contributed by atoms with van der Waals surface area (Å²) in [6.45, 7) is 2.12. The van der Waals surface area contributed by atoms with Crippen molar-refractivity contribution in [2.24, 2.45) is 0 Å². The van der Waals surface area contributed by atoms with Gasteiger partial charge < -0.3 is 0 Å². The number of hydrogen-bond donors (Lipinski definition) is 0. The van der Waals surface area contributed by atoms with Crippen LogP contribution >= 0.6 is 11.3 Å². The Morgan fingerprint density at radius 1 is 1.14 bits per heavy atom. The second-order valence-corrected chi connectivity index (χ2v) is 4.39. The monoisotopic (exact) mass is 203 g/mol. The van der Waals surface area contributed by atoms with Crippen molar-refractivity contribution in [3.8, 4) is 0 Å². The molecule has 0 aliphatic rings. The smallest absolute Gasteiger partial charge is 0.0928 e. The number of aromatic nitrogens is 1. The van der Waals surface area contributed by atoms with Gasteiger partial charge in [-0.1, -0.05) is 29.8 Å². The van der Waals surface area contributed by atoms with Crippen molar-refractivity contribution in [3.63, 3.8) is 0 Å². The second-order valence-electron chi connectivity index (χ2n) is 3.41. The van der Waals surface area contributed by atoms with Crippen LogP contribution in [0.4, 0.5) is 0 Å². The van der Waals surface area contributed by atoms with Crippen molar-refractivity contribution >= 4 is 11.3 Å². The molecule has 0 fully saturated rings. The van der Waals surface area contributed by atoms with Gasteiger partial charge in [0.2, 0.25) is 0 Å². The maximum atomic E-state index is 4.27. The minimum atomic E-state index is 1.06. The number of aryl methyl sites for hydroxylation is 3. The van der Waals surface area contributed by atoms with E-state index in [0.29, 0.717) is 0 Å². The summed E-state index contributed by atoms with van der Waals surface area (Å²) in [7, 11) is 0. The summed E-state index contributed by atoms with van der Waals surface area (Å²) in [5, 5.41) is 3.26. The topological polar surface area (TPSA) is 12.9 Å². The lowest BCUT2D eigenvalue weighted by Gasteiger charge is -1.99. The van der Waals surface area contributed by atoms with Crippen LogP contribution in [0.15, 0.2) is 35.8 Å². The van der Waals surface area contributed by atoms with Gasteiger partial charge in [0.25, 0.3) is 0 Å². The van der Waals surface area contributed by atoms with Crippen LogP contribution in [0, 0.1) is 6.92 Å². The summed E-state index contributed by atoms with van der Waals surface area (Å²) in [6.07, 6.45) is 4.02. The Bertz CT molecular complexity index is 375. The SMILES string of the molecule is Cc1ccc(CCc2nccs2)cc1. The molecule has 2 aromatic rings. The van der Waals surface area contributed by atoms with Crippen molar-refractivity contribution < 1.29 is 0 Å². The zero-order valence-electron chi connectivity index (χ0n) is 8.23. The van der Waals surface area contributed by atoms with E-state index in [-0.39, 0.29) is 0 Å². The van der Waals surface area contributed by atoms with Gasteiger partial charge in [0, 0.05) is 18.0 Å². The third-order valence-corrected chi connectivity index (χ3v) is 3.07. The minimum Gasteiger partial charge on any atom is -0.250 e. The second kappa shape index (κ2) is 4.38. The molecule has 0 saturated heterocycles. The average Bonchev–Trinajstić information content (AvgIpc) is 2.70. The first-order valence-corrected chi connectivity index (χ1v) is 5.66. The van der Waals surface area contributed by atoms with E-state index in [4.69, 9.17) is 0 Å². The highest BCUT2D eigenvalue weighted by atomic mass is 32.1. The number of benzene rings is 1. The molecule has 1 aromatic heterocycles. The summed E-state index contributed by atoms with van der Waals surface area (Å²) < 4.78 is 0. The highest BCUT2D eigenvalue weighted by Gasteiger charge is 1.97. The molecule has 0 N–H and O–H groups in total. The summed E-state index contributed by atoms with van der Waals surface area (Å²) in [5.74, 6) is 0. The molecule has 2 rings (SSSR count). The Labute approximate surface area is 88.4 Å². The molecule has 0 aliphatic heterocycles. The van der Waals surface area contributed by atoms with Gasteiger partial charge in [-0.3, -0.25) is 0 Å². The molecule has 1 nitrogen and oxygen atoms in total. The van der Waals surface area contributed by atoms with E-state index in [1.165, 1.54) is 16.1 Å². The number of nitrogens with zero attached hydrogens (tertiary/aromatic N) is 1. The lowest BCUT2D eigenvalue weighted by atomic mass is 10.1. The van der Waals surface area contributed by atoms with Crippen LogP contribution in [-0.2, 0) is 12.8 Å². The van der Waals surface area contributed by atoms with Crippen LogP contribution < -0.4 is 0 Å². The molecule has 0 spiro atoms. The van der Waals surface area contributed by atoms with Gasteiger partial charge in [-0.25, -0.2) is 4.98 Å². The zero-order chi connectivity index (χ0) is 9.80. The summed E-state index contributed by atoms with van der Waals surface area (Å²) in [4.78, 5) is 4.27. The van der Waals surface area contributed by atoms with E-state index >= 15 is 0 Å². The normalized spacial score (nSPS) is 10.4. The summed E-state index contributed by atoms with van der Waals surface area (Å²) >= 11 is 1.73. The molecule has 72 valence electrons. The third-order valence-electron chi connectivity index (χ3n) is 2.23. The predicted molar refractivity (Wildman–Crippen MR) is 60.7 cm³/mol. The molecule has 2 heteroatoms. The standard InChI is InChI=1S/C12H13NS/c1-10-2-4-11(5-3-10)6-7-12-13-8-9-14-12/h2-5,8-9H,6-7H2,1H3. The Balaban J connectivity index is 1.95. The van der Waals surface area contributed by atoms with E-state index < -0.39 is 0 Å². The quantitative estimate of drug-likeness (QED) is 0.746. The van der Waals surface area contributed by atoms with Crippen LogP contribution in [0.5, 0.6) is 0 Å². The van der Waals surface area contributed by atoms with Crippen molar-refractivity contribution in [3.05, 3.63) is 52.0 Å². The molecule has 0 aliphatic carbocycles. The molecule has 0 radical (unpaired) electrons. The summed E-state index contributed by atoms with van der Waals surface area (Å²) in [6, 6.07) is 8.72. The van der Waals surface area contributed by atoms with Crippen LogP contribution in [0.1, 0.15) is 16.1 Å². The van der Waals surface area contributed by atoms with Crippen molar-refractivity contribution in [2.45, 2.75) is 19.8 Å². The number of rotatable bonds is 3. The van der Waals surface area contributed by atoms with Crippen LogP contribution in [0.25, 0.3) is 0 Å². The molecule has 0 saturated carbocycles. The van der Waals surface area contributed by atoms with Crippen LogP contribution in [0.2, 0.25) is 0 Å². The summed E-state index contributed by atoms with van der Waals surface area (Å²) in [5.41, 5.74) is 2.72. The van der Waals surface area contributed by atoms with Gasteiger partial charge in [0.05, 0.1) is 5.01 Å². The molecule has 1 aromatic carbocycles. The molecular formula is C12H13NS. The molecule has 14 heavy (non-hydrogen) atoms. The van der Waals surface area contributed by atoms with Crippen LogP contribution in [-0.4, -0.2) is 4.98 Å². The first-order valence-electron chi connectivity index (χ1n) is 4.78. The van der Waals surface area contributed by atoms with E-state index in [9.17, 15) is 0 Å². The van der Waals surface area contributed by atoms with E-state index in [0.717, 1.165) is 12.8 Å². The van der Waals surface area contributed by atoms with Gasteiger partial charge in [0.15, 0.2) is 0 Å². The third kappa shape index (κ3) is 2.42. The first-order chi connectivity index (χ1) is 6.84. The number of hydrogen-bond acceptors (Lipinski definition) is 2. The lowest BCUT2D eigenvalue weighted by molar-refractivity contribution is 0.943. The van der Waals surface area contributed by atoms with Gasteiger partial charge in [-0.15, -0.1) is 11.3 Å². The van der Waals surface area contributed by atoms with Gasteiger partial charge in [0.1, 0.15) is 0 Å². The lowest BCUT2D eigenvalue weighted by Crippen LogP contribution is -1.90.